The molecule has 86 heavy (non-hydrogen) atoms. The second-order valence-corrected chi connectivity index (χ2v) is 23.9. The lowest BCUT2D eigenvalue weighted by Gasteiger charge is -2.35. The number of amides is 4. The molecule has 3 heterocycles. The predicted molar refractivity (Wildman–Crippen MR) is 318 cm³/mol. The van der Waals surface area contributed by atoms with E-state index in [2.05, 4.69) is 19.9 Å². The third-order valence-corrected chi connectivity index (χ3v) is 14.9. The summed E-state index contributed by atoms with van der Waals surface area (Å²) in [5.74, 6) is -6.90. The predicted octanol–water partition coefficient (Wildman–Crippen LogP) is 6.44. The van der Waals surface area contributed by atoms with Crippen molar-refractivity contribution in [3.05, 3.63) is 107 Å². The normalized spacial score (nSPS) is 22.3. The Bertz CT molecular complexity index is 2710. The van der Waals surface area contributed by atoms with Gasteiger partial charge in [0.2, 0.25) is 11.8 Å². The van der Waals surface area contributed by atoms with Crippen molar-refractivity contribution in [1.82, 2.24) is 39.5 Å². The average Bonchev–Trinajstić information content (AvgIpc) is 3.18. The first kappa shape index (κ1) is 68.7. The van der Waals surface area contributed by atoms with Crippen LogP contribution < -0.4 is 9.47 Å². The zero-order valence-electron chi connectivity index (χ0n) is 52.8. The van der Waals surface area contributed by atoms with Crippen LogP contribution in [-0.4, -0.2) is 178 Å². The molecule has 0 saturated carbocycles. The molecule has 1 aliphatic heterocycles. The highest BCUT2D eigenvalue weighted by Gasteiger charge is 2.43. The van der Waals surface area contributed by atoms with Gasteiger partial charge in [0.25, 0.3) is 23.6 Å². The number of carbonyl (C=O) groups excluding carboxylic acids is 8. The zero-order chi connectivity index (χ0) is 63.7. The van der Waals surface area contributed by atoms with Crippen LogP contribution >= 0.6 is 0 Å². The highest BCUT2D eigenvalue weighted by atomic mass is 16.6. The molecule has 4 aromatic rings. The van der Waals surface area contributed by atoms with Crippen LogP contribution in [0.2, 0.25) is 0 Å². The summed E-state index contributed by atoms with van der Waals surface area (Å²) in [5.41, 5.74) is 4.26. The van der Waals surface area contributed by atoms with Crippen molar-refractivity contribution < 1.29 is 66.8 Å². The van der Waals surface area contributed by atoms with Gasteiger partial charge in [0.15, 0.2) is 24.4 Å². The van der Waals surface area contributed by atoms with Gasteiger partial charge in [-0.1, -0.05) is 104 Å². The Kier molecular flexibility index (Phi) is 25.5. The molecule has 468 valence electrons. The van der Waals surface area contributed by atoms with E-state index in [1.165, 1.54) is 68.7 Å². The maximum absolute atomic E-state index is 15.1. The molecule has 2 aromatic carbocycles. The molecule has 22 heteroatoms. The summed E-state index contributed by atoms with van der Waals surface area (Å²) in [6.45, 7) is 17.5. The molecule has 1 aliphatic rings. The number of esters is 4. The number of methoxy groups -OCH3 is 2. The first-order valence-corrected chi connectivity index (χ1v) is 29.3. The number of nitrogens with zero attached hydrogens (tertiary/aromatic N) is 8. The largest absolute Gasteiger partial charge is 0.480 e. The topological polar surface area (TPSA) is 256 Å². The molecule has 4 amide bonds. The number of benzene rings is 2. The zero-order valence-corrected chi connectivity index (χ0v) is 52.8. The quantitative estimate of drug-likeness (QED) is 0.0766. The molecule has 0 bridgehead atoms. The molecule has 0 aliphatic carbocycles. The van der Waals surface area contributed by atoms with E-state index in [-0.39, 0.29) is 62.2 Å². The van der Waals surface area contributed by atoms with E-state index in [0.717, 1.165) is 30.7 Å². The van der Waals surface area contributed by atoms with Crippen molar-refractivity contribution in [2.24, 2.45) is 23.7 Å². The van der Waals surface area contributed by atoms with Crippen molar-refractivity contribution in [2.45, 2.75) is 169 Å². The van der Waals surface area contributed by atoms with Gasteiger partial charge in [-0.15, -0.1) is 0 Å². The van der Waals surface area contributed by atoms with Crippen molar-refractivity contribution >= 4 is 47.5 Å². The third-order valence-electron chi connectivity index (χ3n) is 14.9. The highest BCUT2D eigenvalue weighted by Crippen LogP contribution is 2.25. The second-order valence-electron chi connectivity index (χ2n) is 23.9. The maximum atomic E-state index is 15.1. The van der Waals surface area contributed by atoms with Crippen LogP contribution in [0.15, 0.2) is 73.3 Å². The van der Waals surface area contributed by atoms with Gasteiger partial charge in [-0.05, 0) is 85.5 Å². The lowest BCUT2D eigenvalue weighted by Crippen LogP contribution is -2.55. The van der Waals surface area contributed by atoms with Crippen LogP contribution in [0.3, 0.4) is 0 Å². The molecule has 1 saturated heterocycles. The van der Waals surface area contributed by atoms with E-state index in [1.807, 2.05) is 79.7 Å². The summed E-state index contributed by atoms with van der Waals surface area (Å²) in [7, 11) is 8.52. The van der Waals surface area contributed by atoms with Crippen molar-refractivity contribution in [2.75, 3.05) is 42.4 Å². The Morgan fingerprint density at radius 3 is 0.919 bits per heavy atom. The van der Waals surface area contributed by atoms with Crippen LogP contribution in [0.1, 0.15) is 129 Å². The minimum Gasteiger partial charge on any atom is -0.480 e. The van der Waals surface area contributed by atoms with Crippen molar-refractivity contribution in [3.63, 3.8) is 0 Å². The van der Waals surface area contributed by atoms with Gasteiger partial charge >= 0.3 is 23.9 Å². The smallest absolute Gasteiger partial charge is 0.329 e. The van der Waals surface area contributed by atoms with Gasteiger partial charge in [0.1, 0.15) is 24.2 Å². The number of cyclic esters (lactones) is 4. The summed E-state index contributed by atoms with van der Waals surface area (Å²) in [4.78, 5) is 140. The maximum Gasteiger partial charge on any atom is 0.329 e. The molecule has 8 atom stereocenters. The fourth-order valence-electron chi connectivity index (χ4n) is 9.99. The summed E-state index contributed by atoms with van der Waals surface area (Å²) in [5, 5.41) is 0. The monoisotopic (exact) mass is 1190 g/mol. The van der Waals surface area contributed by atoms with Crippen LogP contribution in [0.5, 0.6) is 11.8 Å². The van der Waals surface area contributed by atoms with Crippen LogP contribution in [0.25, 0.3) is 0 Å². The minimum atomic E-state index is -1.56. The lowest BCUT2D eigenvalue weighted by atomic mass is 9.99. The number of likely N-dealkylation sites (N-methyl/N-ethyl adjacent to an activating group) is 4. The van der Waals surface area contributed by atoms with Crippen molar-refractivity contribution in [1.29, 1.82) is 0 Å². The molecule has 5 rings (SSSR count). The number of aromatic nitrogens is 4. The first-order valence-electron chi connectivity index (χ1n) is 29.3. The Balaban J connectivity index is 1.58. The third kappa shape index (κ3) is 19.5. The van der Waals surface area contributed by atoms with Crippen LogP contribution in [0, 0.1) is 23.7 Å². The average molecular weight is 1190 g/mol. The van der Waals surface area contributed by atoms with E-state index < -0.39 is 96.1 Å². The molecule has 0 spiro atoms. The minimum absolute atomic E-state index is 0.0650. The second kappa shape index (κ2) is 31.9. The van der Waals surface area contributed by atoms with Gasteiger partial charge < -0.3 is 48.0 Å². The number of hydrogen-bond acceptors (Lipinski definition) is 18. The van der Waals surface area contributed by atoms with Crippen LogP contribution in [0.4, 0.5) is 0 Å². The fourth-order valence-corrected chi connectivity index (χ4v) is 9.99. The van der Waals surface area contributed by atoms with E-state index in [1.54, 1.807) is 36.7 Å². The molecule has 0 N–H and O–H groups in total. The van der Waals surface area contributed by atoms with E-state index >= 15 is 9.59 Å². The van der Waals surface area contributed by atoms with Gasteiger partial charge in [-0.3, -0.25) is 29.1 Å². The molecular weight excluding hydrogens is 1100 g/mol. The molecule has 0 unspecified atom stereocenters. The van der Waals surface area contributed by atoms with E-state index in [4.69, 9.17) is 28.4 Å². The SMILES string of the molecule is COc1cnc(Cc2ccc(C[C@@H]3OC(=O)[C@H](CC(C)C)N(C)C(=O)[C@@H](C)OC(=O)[C@@H](CC(C)C)N(C)C(=O)[C@@H](Cc4ccc(Cc5cnc(OC)cn5)cc4)OC(=O)[C@@H](CC(C)C)N(C)C(=O)[C@@H](C)OC(=O)[C@H](CC(C)C)N(C)C3=O)cc2)cn1. The summed E-state index contributed by atoms with van der Waals surface area (Å²) < 4.78 is 34.5. The van der Waals surface area contributed by atoms with Gasteiger partial charge in [-0.2, -0.15) is 0 Å². The molecule has 0 radical (unpaired) electrons. The Morgan fingerprint density at radius 2 is 0.663 bits per heavy atom. The summed E-state index contributed by atoms with van der Waals surface area (Å²) in [6, 6.07) is 9.25. The van der Waals surface area contributed by atoms with Gasteiger partial charge in [-0.25, -0.2) is 29.1 Å². The molecule has 22 nitrogen and oxygen atoms in total. The number of ether oxygens (including phenoxy) is 6. The van der Waals surface area contributed by atoms with E-state index in [9.17, 15) is 28.8 Å². The molecule has 1 fully saturated rings. The Morgan fingerprint density at radius 1 is 0.395 bits per heavy atom. The highest BCUT2D eigenvalue weighted by molar-refractivity contribution is 5.94. The van der Waals surface area contributed by atoms with E-state index in [0.29, 0.717) is 47.1 Å². The summed E-state index contributed by atoms with van der Waals surface area (Å²) >= 11 is 0. The standard InChI is InChI=1S/C64H88N8O14/c1-37(2)25-49-61(77)83-41(9)57(73)69(11)52(28-40(7)8)64(80)86-54(32-46-23-19-44(20-24-46)30-48-34-68-56(82-16)36-66-48)60(76)72(14)50(26-38(3)4)62(78)84-42(10)58(74)70(12)51(27-39(5)6)63(79)85-53(59(75)71(49)13)31-45-21-17-43(18-22-45)29-47-33-67-55(81-15)35-65-47/h17-24,33-42,49-54H,25-32H2,1-16H3/t41-,42-,49-,50+,51-,52+,53-,54+/m1/s1. The summed E-state index contributed by atoms with van der Waals surface area (Å²) in [6.07, 6.45) is 0.905. The lowest BCUT2D eigenvalue weighted by molar-refractivity contribution is -0.176. The Hall–Kier alpha value is -8.04. The Labute approximate surface area is 506 Å². The fraction of sp³-hybridized carbons (Fsp3) is 0.562. The number of rotatable bonds is 18. The number of hydrogen-bond donors (Lipinski definition) is 0. The van der Waals surface area contributed by atoms with Gasteiger partial charge in [0, 0.05) is 53.9 Å². The number of carbonyl (C=O) groups is 8. The molecule has 2 aromatic heterocycles. The van der Waals surface area contributed by atoms with Crippen molar-refractivity contribution in [3.8, 4) is 11.8 Å². The first-order chi connectivity index (χ1) is 40.6. The van der Waals surface area contributed by atoms with Crippen LogP contribution in [-0.2, 0) is 83.0 Å². The molecular formula is C64H88N8O14. The van der Waals surface area contributed by atoms with Gasteiger partial charge in [0.05, 0.1) is 50.4 Å².